The van der Waals surface area contributed by atoms with Crippen LogP contribution in [-0.4, -0.2) is 51.9 Å². The Morgan fingerprint density at radius 2 is 1.81 bits per heavy atom. The number of aryl methyl sites for hydroxylation is 2. The second-order valence-corrected chi connectivity index (χ2v) is 9.64. The fourth-order valence-corrected chi connectivity index (χ4v) is 5.21. The van der Waals surface area contributed by atoms with Crippen molar-refractivity contribution in [2.45, 2.75) is 38.0 Å². The highest BCUT2D eigenvalue weighted by Crippen LogP contribution is 2.25. The zero-order valence-electron chi connectivity index (χ0n) is 17.7. The van der Waals surface area contributed by atoms with Gasteiger partial charge in [-0.1, -0.05) is 12.5 Å². The van der Waals surface area contributed by atoms with Gasteiger partial charge in [0.15, 0.2) is 5.82 Å². The summed E-state index contributed by atoms with van der Waals surface area (Å²) in [6.45, 7) is 4.32. The average molecular weight is 459 g/mol. The largest absolute Gasteiger partial charge is 0.319 e. The van der Waals surface area contributed by atoms with E-state index >= 15 is 0 Å². The van der Waals surface area contributed by atoms with Crippen LogP contribution in [0.4, 0.5) is 10.1 Å². The van der Waals surface area contributed by atoms with Crippen LogP contribution in [0.15, 0.2) is 41.3 Å². The van der Waals surface area contributed by atoms with Gasteiger partial charge in [0.1, 0.15) is 5.82 Å². The average Bonchev–Trinajstić information content (AvgIpc) is 3.22. The third-order valence-electron chi connectivity index (χ3n) is 5.47. The molecule has 1 aliphatic rings. The zero-order chi connectivity index (χ0) is 22.9. The van der Waals surface area contributed by atoms with Crippen LogP contribution >= 0.6 is 0 Å². The number of nitrogens with zero attached hydrogens (tertiary/aromatic N) is 5. The highest BCUT2D eigenvalue weighted by Gasteiger charge is 2.27. The number of sulfonamides is 1. The van der Waals surface area contributed by atoms with Gasteiger partial charge in [0.05, 0.1) is 16.3 Å². The minimum absolute atomic E-state index is 0.0497. The van der Waals surface area contributed by atoms with Crippen LogP contribution in [0.25, 0.3) is 5.69 Å². The maximum atomic E-state index is 14.4. The number of hydrogen-bond acceptors (Lipinski definition) is 6. The summed E-state index contributed by atoms with van der Waals surface area (Å²) in [5.74, 6) is -0.745. The van der Waals surface area contributed by atoms with Gasteiger partial charge < -0.3 is 5.32 Å². The van der Waals surface area contributed by atoms with Gasteiger partial charge in [-0.15, -0.1) is 5.10 Å². The first kappa shape index (κ1) is 22.0. The summed E-state index contributed by atoms with van der Waals surface area (Å²) in [6, 6.07) is 8.55. The maximum absolute atomic E-state index is 14.4. The molecule has 2 heterocycles. The number of carbonyl (C=O) groups is 1. The molecule has 1 aliphatic heterocycles. The molecule has 0 bridgehead atoms. The maximum Gasteiger partial charge on any atom is 0.256 e. The minimum atomic E-state index is -3.70. The lowest BCUT2D eigenvalue weighted by molar-refractivity contribution is 0.102. The molecule has 0 saturated carbocycles. The van der Waals surface area contributed by atoms with E-state index in [1.54, 1.807) is 19.9 Å². The number of anilines is 1. The number of halogens is 1. The molecule has 3 aromatic rings. The van der Waals surface area contributed by atoms with Gasteiger partial charge in [0.25, 0.3) is 5.91 Å². The van der Waals surface area contributed by atoms with Gasteiger partial charge in [-0.05, 0) is 73.0 Å². The van der Waals surface area contributed by atoms with Gasteiger partial charge in [-0.3, -0.25) is 4.79 Å². The van der Waals surface area contributed by atoms with Crippen LogP contribution in [0.1, 0.15) is 41.0 Å². The molecule has 2 aromatic carbocycles. The summed E-state index contributed by atoms with van der Waals surface area (Å²) in [4.78, 5) is 13.0. The molecule has 9 nitrogen and oxygen atoms in total. The SMILES string of the molecule is Cc1ccc(S(=O)(=O)N2CCCCC2)cc1C(=O)Nc1cc(-n2nnnc2C)ccc1F. The molecule has 32 heavy (non-hydrogen) atoms. The van der Waals surface area contributed by atoms with Crippen molar-refractivity contribution in [1.29, 1.82) is 0 Å². The Hall–Kier alpha value is -3.18. The van der Waals surface area contributed by atoms with Crippen LogP contribution in [0.5, 0.6) is 0 Å². The third-order valence-corrected chi connectivity index (χ3v) is 7.37. The Morgan fingerprint density at radius 1 is 1.06 bits per heavy atom. The second-order valence-electron chi connectivity index (χ2n) is 7.70. The first-order chi connectivity index (χ1) is 15.3. The van der Waals surface area contributed by atoms with Gasteiger partial charge in [0.2, 0.25) is 10.0 Å². The Kier molecular flexibility index (Phi) is 6.02. The van der Waals surface area contributed by atoms with E-state index in [0.29, 0.717) is 30.2 Å². The van der Waals surface area contributed by atoms with E-state index in [9.17, 15) is 17.6 Å². The van der Waals surface area contributed by atoms with Crippen LogP contribution in [0, 0.1) is 19.7 Å². The van der Waals surface area contributed by atoms with Crippen molar-refractivity contribution in [2.75, 3.05) is 18.4 Å². The van der Waals surface area contributed by atoms with Crippen molar-refractivity contribution in [1.82, 2.24) is 24.5 Å². The molecule has 1 fully saturated rings. The fourth-order valence-electron chi connectivity index (χ4n) is 3.66. The van der Waals surface area contributed by atoms with E-state index in [1.165, 1.54) is 39.3 Å². The summed E-state index contributed by atoms with van der Waals surface area (Å²) < 4.78 is 43.3. The molecule has 1 aromatic heterocycles. The standard InChI is InChI=1S/C21H23FN6O3S/c1-14-6-8-17(32(30,31)27-10-4-3-5-11-27)13-18(14)21(29)23-20-12-16(7-9-19(20)22)28-15(2)24-25-26-28/h6-9,12-13H,3-5,10-11H2,1-2H3,(H,23,29). The number of amides is 1. The molecule has 0 atom stereocenters. The first-order valence-corrected chi connectivity index (χ1v) is 11.7. The Labute approximate surface area is 185 Å². The quantitative estimate of drug-likeness (QED) is 0.630. The first-order valence-electron chi connectivity index (χ1n) is 10.2. The van der Waals surface area contributed by atoms with E-state index in [0.717, 1.165) is 19.3 Å². The number of carbonyl (C=O) groups excluding carboxylic acids is 1. The van der Waals surface area contributed by atoms with Crippen molar-refractivity contribution in [3.63, 3.8) is 0 Å². The number of piperidine rings is 1. The lowest BCUT2D eigenvalue weighted by Crippen LogP contribution is -2.35. The highest BCUT2D eigenvalue weighted by molar-refractivity contribution is 7.89. The van der Waals surface area contributed by atoms with E-state index < -0.39 is 21.7 Å². The summed E-state index contributed by atoms with van der Waals surface area (Å²) >= 11 is 0. The van der Waals surface area contributed by atoms with E-state index in [-0.39, 0.29) is 16.1 Å². The molecule has 1 N–H and O–H groups in total. The number of nitrogens with one attached hydrogen (secondary N) is 1. The fraction of sp³-hybridized carbons (Fsp3) is 0.333. The summed E-state index contributed by atoms with van der Waals surface area (Å²) in [5, 5.41) is 13.7. The van der Waals surface area contributed by atoms with Crippen molar-refractivity contribution >= 4 is 21.6 Å². The predicted molar refractivity (Wildman–Crippen MR) is 116 cm³/mol. The number of rotatable bonds is 5. The summed E-state index contributed by atoms with van der Waals surface area (Å²) in [6.07, 6.45) is 2.63. The monoisotopic (exact) mass is 458 g/mol. The van der Waals surface area contributed by atoms with Gasteiger partial charge in [-0.25, -0.2) is 12.8 Å². The minimum Gasteiger partial charge on any atom is -0.319 e. The predicted octanol–water partition coefficient (Wildman–Crippen LogP) is 2.85. The topological polar surface area (TPSA) is 110 Å². The summed E-state index contributed by atoms with van der Waals surface area (Å²) in [5.41, 5.74) is 1.15. The molecule has 0 aliphatic carbocycles. The second kappa shape index (κ2) is 8.75. The lowest BCUT2D eigenvalue weighted by Gasteiger charge is -2.26. The smallest absolute Gasteiger partial charge is 0.256 e. The van der Waals surface area contributed by atoms with E-state index in [2.05, 4.69) is 20.8 Å². The zero-order valence-corrected chi connectivity index (χ0v) is 18.6. The Bertz CT molecular complexity index is 1270. The van der Waals surface area contributed by atoms with Gasteiger partial charge >= 0.3 is 0 Å². The highest BCUT2D eigenvalue weighted by atomic mass is 32.2. The number of benzene rings is 2. The van der Waals surface area contributed by atoms with Gasteiger partial charge in [0, 0.05) is 18.7 Å². The lowest BCUT2D eigenvalue weighted by atomic mass is 10.1. The third kappa shape index (κ3) is 4.26. The molecule has 168 valence electrons. The van der Waals surface area contributed by atoms with E-state index in [4.69, 9.17) is 0 Å². The molecule has 0 spiro atoms. The van der Waals surface area contributed by atoms with Crippen LogP contribution in [0.2, 0.25) is 0 Å². The number of hydrogen-bond donors (Lipinski definition) is 1. The van der Waals surface area contributed by atoms with Crippen LogP contribution in [0.3, 0.4) is 0 Å². The Morgan fingerprint density at radius 3 is 2.50 bits per heavy atom. The molecule has 1 saturated heterocycles. The van der Waals surface area contributed by atoms with Crippen molar-refractivity contribution in [3.05, 3.63) is 59.2 Å². The Balaban J connectivity index is 1.63. The van der Waals surface area contributed by atoms with Crippen molar-refractivity contribution in [2.24, 2.45) is 0 Å². The molecule has 1 amide bonds. The van der Waals surface area contributed by atoms with Gasteiger partial charge in [-0.2, -0.15) is 8.99 Å². The van der Waals surface area contributed by atoms with E-state index in [1.807, 2.05) is 0 Å². The molecule has 4 rings (SSSR count). The molecule has 11 heteroatoms. The molecular weight excluding hydrogens is 435 g/mol. The number of tetrazole rings is 1. The normalized spacial score (nSPS) is 15.0. The van der Waals surface area contributed by atoms with Crippen LogP contribution in [-0.2, 0) is 10.0 Å². The molecular formula is C21H23FN6O3S. The number of aromatic nitrogens is 4. The van der Waals surface area contributed by atoms with Crippen LogP contribution < -0.4 is 5.32 Å². The van der Waals surface area contributed by atoms with Crippen molar-refractivity contribution < 1.29 is 17.6 Å². The summed E-state index contributed by atoms with van der Waals surface area (Å²) in [7, 11) is -3.70. The van der Waals surface area contributed by atoms with Crippen molar-refractivity contribution in [3.8, 4) is 5.69 Å². The molecule has 0 unspecified atom stereocenters. The molecule has 0 radical (unpaired) electrons.